The van der Waals surface area contributed by atoms with Crippen molar-refractivity contribution in [2.75, 3.05) is 14.2 Å². The highest BCUT2D eigenvalue weighted by Gasteiger charge is 2.25. The molecule has 1 aliphatic carbocycles. The van der Waals surface area contributed by atoms with E-state index in [2.05, 4.69) is 25.5 Å². The molecule has 11 nitrogen and oxygen atoms in total. The molecule has 0 radical (unpaired) electrons. The van der Waals surface area contributed by atoms with Crippen molar-refractivity contribution in [3.63, 3.8) is 0 Å². The Balaban J connectivity index is 1.61. The van der Waals surface area contributed by atoms with Crippen molar-refractivity contribution in [1.82, 2.24) is 30.2 Å². The highest BCUT2D eigenvalue weighted by atomic mass is 32.2. The third kappa shape index (κ3) is 4.53. The maximum atomic E-state index is 12.8. The van der Waals surface area contributed by atoms with Gasteiger partial charge >= 0.3 is 11.9 Å². The molecule has 1 saturated carbocycles. The molecule has 0 unspecified atom stereocenters. The molecule has 3 aromatic rings. The number of carbonyl (C=O) groups excluding carboxylic acids is 2. The lowest BCUT2D eigenvalue weighted by molar-refractivity contribution is -0.139. The Kier molecular flexibility index (Phi) is 6.84. The van der Waals surface area contributed by atoms with Gasteiger partial charge in [0.15, 0.2) is 0 Å². The quantitative estimate of drug-likeness (QED) is 0.397. The first-order valence-corrected chi connectivity index (χ1v) is 11.9. The van der Waals surface area contributed by atoms with Gasteiger partial charge in [0.1, 0.15) is 15.5 Å². The number of nitrogens with one attached hydrogen (secondary N) is 1. The van der Waals surface area contributed by atoms with Crippen LogP contribution in [0.5, 0.6) is 0 Å². The summed E-state index contributed by atoms with van der Waals surface area (Å²) in [4.78, 5) is 44.7. The van der Waals surface area contributed by atoms with E-state index in [4.69, 9.17) is 9.47 Å². The molecule has 4 rings (SSSR count). The molecule has 32 heavy (non-hydrogen) atoms. The topological polar surface area (TPSA) is 142 Å². The predicted molar refractivity (Wildman–Crippen MR) is 117 cm³/mol. The second-order valence-electron chi connectivity index (χ2n) is 7.33. The van der Waals surface area contributed by atoms with Crippen molar-refractivity contribution in [3.05, 3.63) is 26.6 Å². The molecular formula is C19H22N6O5S2. The SMILES string of the molecule is COC(=O)Cc1c(C(=O)OC)sc2nc(CSc3nnnn3C3CCCCC3)[nH]c(=O)c12. The summed E-state index contributed by atoms with van der Waals surface area (Å²) < 4.78 is 11.4. The fourth-order valence-electron chi connectivity index (χ4n) is 3.79. The number of hydrogen-bond acceptors (Lipinski definition) is 11. The van der Waals surface area contributed by atoms with E-state index in [0.29, 0.717) is 21.6 Å². The highest BCUT2D eigenvalue weighted by Crippen LogP contribution is 2.32. The van der Waals surface area contributed by atoms with Crippen LogP contribution in [0.1, 0.15) is 59.2 Å². The van der Waals surface area contributed by atoms with Gasteiger partial charge in [-0.05, 0) is 23.3 Å². The number of fused-ring (bicyclic) bond motifs is 1. The summed E-state index contributed by atoms with van der Waals surface area (Å²) in [5, 5.41) is 13.0. The molecule has 0 saturated heterocycles. The molecule has 0 spiro atoms. The number of tetrazole rings is 1. The van der Waals surface area contributed by atoms with Crippen LogP contribution < -0.4 is 5.56 Å². The van der Waals surface area contributed by atoms with E-state index in [1.54, 1.807) is 0 Å². The predicted octanol–water partition coefficient (Wildman–Crippen LogP) is 2.27. The van der Waals surface area contributed by atoms with Crippen molar-refractivity contribution in [2.24, 2.45) is 0 Å². The Hall–Kier alpha value is -2.80. The first-order valence-electron chi connectivity index (χ1n) is 10.1. The van der Waals surface area contributed by atoms with Crippen molar-refractivity contribution in [3.8, 4) is 0 Å². The van der Waals surface area contributed by atoms with E-state index < -0.39 is 17.5 Å². The van der Waals surface area contributed by atoms with Gasteiger partial charge in [0.2, 0.25) is 5.16 Å². The first-order chi connectivity index (χ1) is 15.5. The van der Waals surface area contributed by atoms with Crippen LogP contribution in [0.3, 0.4) is 0 Å². The van der Waals surface area contributed by atoms with Gasteiger partial charge in [-0.15, -0.1) is 16.4 Å². The molecule has 1 aliphatic rings. The number of H-pyrrole nitrogens is 1. The summed E-state index contributed by atoms with van der Waals surface area (Å²) in [7, 11) is 2.48. The Bertz CT molecular complexity index is 1200. The molecule has 13 heteroatoms. The number of aromatic amines is 1. The van der Waals surface area contributed by atoms with Gasteiger partial charge in [0.25, 0.3) is 5.56 Å². The van der Waals surface area contributed by atoms with Crippen molar-refractivity contribution in [2.45, 2.75) is 55.5 Å². The number of aromatic nitrogens is 6. The number of hydrogen-bond donors (Lipinski definition) is 1. The minimum Gasteiger partial charge on any atom is -0.469 e. The van der Waals surface area contributed by atoms with Gasteiger partial charge in [0, 0.05) is 5.56 Å². The van der Waals surface area contributed by atoms with E-state index in [0.717, 1.165) is 37.0 Å². The molecule has 0 aliphatic heterocycles. The molecule has 0 atom stereocenters. The fraction of sp³-hybridized carbons (Fsp3) is 0.526. The van der Waals surface area contributed by atoms with Crippen LogP contribution in [0.4, 0.5) is 0 Å². The first kappa shape index (κ1) is 22.4. The van der Waals surface area contributed by atoms with Crippen molar-refractivity contribution >= 4 is 45.3 Å². The smallest absolute Gasteiger partial charge is 0.348 e. The lowest BCUT2D eigenvalue weighted by atomic mass is 9.96. The number of ether oxygens (including phenoxy) is 2. The number of carbonyl (C=O) groups is 2. The van der Waals surface area contributed by atoms with E-state index in [9.17, 15) is 14.4 Å². The fourth-order valence-corrected chi connectivity index (χ4v) is 5.73. The van der Waals surface area contributed by atoms with Gasteiger partial charge in [-0.2, -0.15) is 0 Å². The maximum absolute atomic E-state index is 12.8. The largest absolute Gasteiger partial charge is 0.469 e. The van der Waals surface area contributed by atoms with Crippen LogP contribution >= 0.6 is 23.1 Å². The van der Waals surface area contributed by atoms with Crippen molar-refractivity contribution in [1.29, 1.82) is 0 Å². The zero-order valence-electron chi connectivity index (χ0n) is 17.6. The van der Waals surface area contributed by atoms with Crippen LogP contribution in [0, 0.1) is 0 Å². The molecular weight excluding hydrogens is 456 g/mol. The maximum Gasteiger partial charge on any atom is 0.348 e. The number of methoxy groups -OCH3 is 2. The number of rotatable bonds is 7. The summed E-state index contributed by atoms with van der Waals surface area (Å²) in [6, 6.07) is 0.288. The third-order valence-corrected chi connectivity index (χ3v) is 7.40. The van der Waals surface area contributed by atoms with E-state index in [1.165, 1.54) is 32.4 Å². The lowest BCUT2D eigenvalue weighted by Crippen LogP contribution is -2.16. The average molecular weight is 479 g/mol. The van der Waals surface area contributed by atoms with Crippen LogP contribution in [-0.2, 0) is 26.4 Å². The summed E-state index contributed by atoms with van der Waals surface area (Å²) >= 11 is 2.41. The Morgan fingerprint density at radius 1 is 1.22 bits per heavy atom. The molecule has 0 aromatic carbocycles. The average Bonchev–Trinajstić information content (AvgIpc) is 3.42. The van der Waals surface area contributed by atoms with Crippen LogP contribution in [-0.4, -0.2) is 56.3 Å². The normalized spacial score (nSPS) is 14.6. The number of thiophene rings is 1. The van der Waals surface area contributed by atoms with E-state index in [1.807, 2.05) is 4.68 Å². The molecule has 0 amide bonds. The number of thioether (sulfide) groups is 1. The van der Waals surface area contributed by atoms with E-state index >= 15 is 0 Å². The highest BCUT2D eigenvalue weighted by molar-refractivity contribution is 7.98. The summed E-state index contributed by atoms with van der Waals surface area (Å²) in [5.41, 5.74) is -0.166. The molecule has 0 bridgehead atoms. The van der Waals surface area contributed by atoms with Gasteiger partial charge in [-0.3, -0.25) is 9.59 Å². The summed E-state index contributed by atoms with van der Waals surface area (Å²) in [6.45, 7) is 0. The Labute approximate surface area is 190 Å². The minimum atomic E-state index is -0.631. The molecule has 1 fully saturated rings. The van der Waals surface area contributed by atoms with Crippen LogP contribution in [0.2, 0.25) is 0 Å². The number of nitrogens with zero attached hydrogens (tertiary/aromatic N) is 5. The van der Waals surface area contributed by atoms with Crippen molar-refractivity contribution < 1.29 is 19.1 Å². The zero-order valence-corrected chi connectivity index (χ0v) is 19.3. The van der Waals surface area contributed by atoms with Gasteiger partial charge in [0.05, 0.1) is 37.8 Å². The Morgan fingerprint density at radius 3 is 2.72 bits per heavy atom. The van der Waals surface area contributed by atoms with Gasteiger partial charge in [-0.1, -0.05) is 31.0 Å². The summed E-state index contributed by atoms with van der Waals surface area (Å²) in [6.07, 6.45) is 5.43. The summed E-state index contributed by atoms with van der Waals surface area (Å²) in [5.74, 6) is -0.430. The number of esters is 2. The van der Waals surface area contributed by atoms with Gasteiger partial charge < -0.3 is 14.5 Å². The third-order valence-electron chi connectivity index (χ3n) is 5.35. The molecule has 3 aromatic heterocycles. The van der Waals surface area contributed by atoms with E-state index in [-0.39, 0.29) is 28.3 Å². The second-order valence-corrected chi connectivity index (χ2v) is 9.28. The zero-order chi connectivity index (χ0) is 22.7. The minimum absolute atomic E-state index is 0.164. The second kappa shape index (κ2) is 9.77. The molecule has 170 valence electrons. The molecule has 1 N–H and O–H groups in total. The lowest BCUT2D eigenvalue weighted by Gasteiger charge is -2.21. The van der Waals surface area contributed by atoms with Crippen LogP contribution in [0.25, 0.3) is 10.2 Å². The van der Waals surface area contributed by atoms with Crippen LogP contribution in [0.15, 0.2) is 9.95 Å². The standard InChI is InChI=1S/C19H22N6O5S2/c1-29-13(26)8-11-14-16(27)20-12(21-17(14)32-15(11)18(28)30-2)9-31-19-22-23-24-25(19)10-6-4-3-5-7-10/h10H,3-9H2,1-2H3,(H,20,21,27). The Morgan fingerprint density at radius 2 is 2.00 bits per heavy atom. The van der Waals surface area contributed by atoms with Gasteiger partial charge in [-0.25, -0.2) is 14.5 Å². The molecule has 3 heterocycles. The monoisotopic (exact) mass is 478 g/mol.